The third-order valence-corrected chi connectivity index (χ3v) is 18.8. The number of aromatic nitrogens is 4. The van der Waals surface area contributed by atoms with Crippen LogP contribution in [0.4, 0.5) is 5.82 Å². The number of carbonyl (C=O) groups is 2. The van der Waals surface area contributed by atoms with Crippen LogP contribution in [0.3, 0.4) is 0 Å². The molecule has 0 aliphatic carbocycles. The van der Waals surface area contributed by atoms with Crippen LogP contribution in [0.5, 0.6) is 0 Å². The topological polar surface area (TPSA) is 425 Å². The second-order valence-corrected chi connectivity index (χ2v) is 23.7. The third-order valence-electron chi connectivity index (χ3n) is 8.64. The first kappa shape index (κ1) is 50.1. The molecule has 2 aliphatic heterocycles. The largest absolute Gasteiger partial charge is 0.490 e. The number of benzene rings is 2. The van der Waals surface area contributed by atoms with E-state index in [1.54, 1.807) is 24.3 Å². The lowest BCUT2D eigenvalue weighted by atomic mass is 9.91. The molecule has 346 valence electrons. The number of unbranched alkanes of at least 4 members (excludes halogenated alkanes) is 1. The zero-order chi connectivity index (χ0) is 46.5. The summed E-state index contributed by atoms with van der Waals surface area (Å²) in [5, 5.41) is 11.7. The Morgan fingerprint density at radius 1 is 0.762 bits per heavy atom. The van der Waals surface area contributed by atoms with E-state index in [0.29, 0.717) is 5.39 Å². The number of carbonyl (C=O) groups excluding carboxylic acids is 2. The highest BCUT2D eigenvalue weighted by molar-refractivity contribution is 14.1. The molecule has 1 saturated heterocycles. The summed E-state index contributed by atoms with van der Waals surface area (Å²) in [5.74, 6) is -1.15. The number of rotatable bonds is 20. The Bertz CT molecular complexity index is 2720. The predicted molar refractivity (Wildman–Crippen MR) is 217 cm³/mol. The molecule has 63 heavy (non-hydrogen) atoms. The Morgan fingerprint density at radius 2 is 1.30 bits per heavy atom. The lowest BCUT2D eigenvalue weighted by molar-refractivity contribution is -0.0423. The summed E-state index contributed by atoms with van der Waals surface area (Å²) in [4.78, 5) is 98.2. The quantitative estimate of drug-likeness (QED) is 0.0269. The molecule has 9 unspecified atom stereocenters. The second-order valence-electron chi connectivity index (χ2n) is 13.1. The van der Waals surface area contributed by atoms with Crippen LogP contribution in [0.15, 0.2) is 36.9 Å². The number of amides is 2. The van der Waals surface area contributed by atoms with E-state index in [1.807, 2.05) is 6.92 Å². The van der Waals surface area contributed by atoms with Crippen molar-refractivity contribution in [3.63, 3.8) is 0 Å². The molecule has 9 atom stereocenters. The van der Waals surface area contributed by atoms with Gasteiger partial charge < -0.3 is 44.9 Å². The van der Waals surface area contributed by atoms with Gasteiger partial charge in [0.15, 0.2) is 11.5 Å². The summed E-state index contributed by atoms with van der Waals surface area (Å²) in [6, 6.07) is 6.63. The van der Waals surface area contributed by atoms with Gasteiger partial charge in [-0.1, -0.05) is 6.07 Å². The number of phosphoric ester groups is 2. The van der Waals surface area contributed by atoms with E-state index < -0.39 is 90.4 Å². The number of imidazole rings is 1. The number of aryl methyl sites for hydroxylation is 1. The average molecular weight is 1120 g/mol. The molecule has 0 spiro atoms. The van der Waals surface area contributed by atoms with Gasteiger partial charge in [0.1, 0.15) is 24.2 Å². The standard InChI is InChI=1S/C27H33IN6O23P6/c1-14-4-5-15-22-16(6-7-17(28)21(14)22)27(37)33(26(15)36)8-2-3-9-50-58(38,39)53-60(42,43)55-62(46,47)57-63(48,49)56-61(44,45)54-59(40,41)51-11-19-18(35)10-20(52-19)34-13-32-23-24(29)30-12-31-25(23)34/h4-7,12-13,18-20,35H,2-3,8-11H2,1H3,(H,38,39)(H,40,41)(H,42,43)(H,44,45)(H,46,47)(H,48,49)(H2,29,30,31). The number of nitrogens with two attached hydrogens (primary N) is 1. The first-order valence-electron chi connectivity index (χ1n) is 17.3. The molecule has 2 aliphatic rings. The van der Waals surface area contributed by atoms with Crippen LogP contribution in [0.2, 0.25) is 0 Å². The minimum Gasteiger partial charge on any atom is -0.390 e. The number of hydrogen-bond donors (Lipinski definition) is 8. The van der Waals surface area contributed by atoms with E-state index in [0.717, 1.165) is 25.7 Å². The number of fused-ring (bicyclic) bond motifs is 1. The van der Waals surface area contributed by atoms with Crippen molar-refractivity contribution in [2.75, 3.05) is 25.5 Å². The minimum atomic E-state index is -6.51. The van der Waals surface area contributed by atoms with Crippen molar-refractivity contribution in [2.24, 2.45) is 0 Å². The average Bonchev–Trinajstić information content (AvgIpc) is 3.72. The minimum absolute atomic E-state index is 0.0302. The third kappa shape index (κ3) is 12.2. The van der Waals surface area contributed by atoms with Gasteiger partial charge in [-0.05, 0) is 71.5 Å². The highest BCUT2D eigenvalue weighted by Crippen LogP contribution is 2.75. The molecular weight excluding hydrogens is 1090 g/mol. The molecular formula is C27H33IN6O23P6. The van der Waals surface area contributed by atoms with Gasteiger partial charge in [-0.15, -0.1) is 0 Å². The zero-order valence-corrected chi connectivity index (χ0v) is 39.0. The lowest BCUT2D eigenvalue weighted by Gasteiger charge is -2.28. The molecule has 1 fully saturated rings. The van der Waals surface area contributed by atoms with E-state index in [9.17, 15) is 71.4 Å². The van der Waals surface area contributed by atoms with Crippen molar-refractivity contribution < 1.29 is 107 Å². The molecule has 6 rings (SSSR count). The number of nitrogens with zero attached hydrogens (tertiary/aromatic N) is 5. The summed E-state index contributed by atoms with van der Waals surface area (Å²) >= 11 is 2.09. The molecule has 29 nitrogen and oxygen atoms in total. The Morgan fingerprint density at radius 3 is 1.89 bits per heavy atom. The Labute approximate surface area is 366 Å². The van der Waals surface area contributed by atoms with Crippen LogP contribution < -0.4 is 5.73 Å². The highest BCUT2D eigenvalue weighted by Gasteiger charge is 2.50. The number of nitrogen functional groups attached to an aromatic ring is 1. The fraction of sp³-hybridized carbons (Fsp3) is 0.370. The molecule has 0 bridgehead atoms. The zero-order valence-electron chi connectivity index (χ0n) is 31.5. The lowest BCUT2D eigenvalue weighted by Crippen LogP contribution is -2.41. The van der Waals surface area contributed by atoms with Crippen LogP contribution in [0.25, 0.3) is 21.9 Å². The molecule has 4 aromatic rings. The van der Waals surface area contributed by atoms with E-state index in [1.165, 1.54) is 10.9 Å². The SMILES string of the molecule is Cc1ccc2c3c(ccc(I)c13)C(=O)N(CCCCOP(=O)(O)OP(=O)(O)OP(=O)(O)OP(=O)(O)OP(=O)(O)OP(=O)(O)OCC1OC(n3cnc4c(N)ncnc43)CC1O)C2=O. The first-order valence-corrected chi connectivity index (χ1v) is 27.3. The summed E-state index contributed by atoms with van der Waals surface area (Å²) in [7, 11) is -37.1. The van der Waals surface area contributed by atoms with Crippen molar-refractivity contribution in [1.82, 2.24) is 24.4 Å². The first-order chi connectivity index (χ1) is 29.1. The number of aliphatic hydroxyl groups is 1. The Kier molecular flexibility index (Phi) is 14.9. The van der Waals surface area contributed by atoms with Gasteiger partial charge in [0, 0.05) is 33.0 Å². The van der Waals surface area contributed by atoms with Crippen LogP contribution in [0, 0.1) is 10.5 Å². The maximum absolute atomic E-state index is 13.2. The number of aliphatic hydroxyl groups excluding tert-OH is 1. The normalized spacial score (nSPS) is 23.8. The van der Waals surface area contributed by atoms with Gasteiger partial charge in [0.25, 0.3) is 11.8 Å². The van der Waals surface area contributed by atoms with Crippen LogP contribution in [0.1, 0.15) is 51.8 Å². The summed E-state index contributed by atoms with van der Waals surface area (Å²) < 4.78 is 109. The predicted octanol–water partition coefficient (Wildman–Crippen LogP) is 3.92. The smallest absolute Gasteiger partial charge is 0.390 e. The molecule has 0 radical (unpaired) electrons. The van der Waals surface area contributed by atoms with E-state index in [2.05, 4.69) is 68.1 Å². The number of ether oxygens (including phenoxy) is 1. The van der Waals surface area contributed by atoms with Gasteiger partial charge in [-0.25, -0.2) is 42.3 Å². The molecule has 2 amide bonds. The Hall–Kier alpha value is -2.30. The number of phosphoric acid groups is 6. The molecule has 0 saturated carbocycles. The summed E-state index contributed by atoms with van der Waals surface area (Å²) in [6.07, 6.45) is -1.79. The maximum Gasteiger partial charge on any atom is 0.490 e. The van der Waals surface area contributed by atoms with Gasteiger partial charge in [0.2, 0.25) is 0 Å². The van der Waals surface area contributed by atoms with E-state index in [4.69, 9.17) is 10.5 Å². The number of imide groups is 1. The van der Waals surface area contributed by atoms with Crippen LogP contribution in [-0.2, 0) is 62.7 Å². The van der Waals surface area contributed by atoms with Crippen molar-refractivity contribution in [3.8, 4) is 0 Å². The number of hydrogen-bond acceptors (Lipinski definition) is 21. The molecule has 36 heteroatoms. The van der Waals surface area contributed by atoms with Crippen molar-refractivity contribution in [2.45, 2.75) is 44.6 Å². The maximum atomic E-state index is 13.2. The number of anilines is 1. The molecule has 2 aromatic carbocycles. The Balaban J connectivity index is 0.947. The van der Waals surface area contributed by atoms with Crippen LogP contribution in [-0.4, -0.2) is 103 Å². The fourth-order valence-electron chi connectivity index (χ4n) is 6.16. The summed E-state index contributed by atoms with van der Waals surface area (Å²) in [6.45, 7) is -0.127. The summed E-state index contributed by atoms with van der Waals surface area (Å²) in [5.41, 5.74) is 7.56. The molecule has 9 N–H and O–H groups in total. The molecule has 2 aromatic heterocycles. The van der Waals surface area contributed by atoms with Crippen molar-refractivity contribution in [1.29, 1.82) is 0 Å². The molecule has 4 heterocycles. The van der Waals surface area contributed by atoms with Gasteiger partial charge in [-0.2, -0.15) is 21.6 Å². The van der Waals surface area contributed by atoms with Crippen molar-refractivity contribution >= 4 is 109 Å². The monoisotopic (exact) mass is 1120 g/mol. The van der Waals surface area contributed by atoms with Gasteiger partial charge >= 0.3 is 46.9 Å². The highest BCUT2D eigenvalue weighted by atomic mass is 127. The fourth-order valence-corrected chi connectivity index (χ4v) is 14.9. The number of halogens is 1. The second kappa shape index (κ2) is 18.8. The van der Waals surface area contributed by atoms with Gasteiger partial charge in [-0.3, -0.25) is 28.1 Å². The van der Waals surface area contributed by atoms with Crippen molar-refractivity contribution in [3.05, 3.63) is 57.2 Å². The van der Waals surface area contributed by atoms with Crippen LogP contribution >= 0.6 is 69.5 Å². The van der Waals surface area contributed by atoms with E-state index >= 15 is 0 Å². The van der Waals surface area contributed by atoms with Gasteiger partial charge in [0.05, 0.1) is 25.6 Å². The van der Waals surface area contributed by atoms with E-state index in [-0.39, 0.29) is 53.9 Å².